The summed E-state index contributed by atoms with van der Waals surface area (Å²) in [4.78, 5) is 2.28. The molecular formula is C15H25NO2. The van der Waals surface area contributed by atoms with Crippen molar-refractivity contribution in [1.29, 1.82) is 0 Å². The summed E-state index contributed by atoms with van der Waals surface area (Å²) in [6, 6.07) is 7.86. The summed E-state index contributed by atoms with van der Waals surface area (Å²) in [6.07, 6.45) is 2.20. The molecule has 0 saturated carbocycles. The highest BCUT2D eigenvalue weighted by molar-refractivity contribution is 5.32. The van der Waals surface area contributed by atoms with Crippen LogP contribution in [0.5, 0.6) is 11.5 Å². The predicted molar refractivity (Wildman–Crippen MR) is 75.5 cm³/mol. The molecule has 0 radical (unpaired) electrons. The molecule has 0 saturated heterocycles. The normalized spacial score (nSPS) is 10.7. The van der Waals surface area contributed by atoms with Crippen LogP contribution in [-0.2, 0) is 0 Å². The van der Waals surface area contributed by atoms with Crippen molar-refractivity contribution >= 4 is 0 Å². The molecule has 0 aliphatic heterocycles. The summed E-state index contributed by atoms with van der Waals surface area (Å²) in [6.45, 7) is 7.82. The Morgan fingerprint density at radius 1 is 0.944 bits per heavy atom. The third kappa shape index (κ3) is 5.92. The zero-order valence-corrected chi connectivity index (χ0v) is 11.8. The number of hydrogen-bond acceptors (Lipinski definition) is 3. The maximum Gasteiger partial charge on any atom is 0.123 e. The van der Waals surface area contributed by atoms with Gasteiger partial charge in [0.15, 0.2) is 0 Å². The molecule has 0 bridgehead atoms. The van der Waals surface area contributed by atoms with Crippen molar-refractivity contribution in [2.24, 2.45) is 0 Å². The highest BCUT2D eigenvalue weighted by Crippen LogP contribution is 2.19. The van der Waals surface area contributed by atoms with Crippen LogP contribution in [-0.4, -0.2) is 38.3 Å². The van der Waals surface area contributed by atoms with E-state index >= 15 is 0 Å². The Bertz CT molecular complexity index is 328. The van der Waals surface area contributed by atoms with Gasteiger partial charge in [0.2, 0.25) is 0 Å². The van der Waals surface area contributed by atoms with Crippen LogP contribution < -0.4 is 9.47 Å². The van der Waals surface area contributed by atoms with Crippen molar-refractivity contribution in [3.05, 3.63) is 24.3 Å². The first-order valence-electron chi connectivity index (χ1n) is 6.80. The van der Waals surface area contributed by atoms with E-state index in [1.165, 1.54) is 6.42 Å². The Labute approximate surface area is 111 Å². The maximum atomic E-state index is 5.72. The van der Waals surface area contributed by atoms with Crippen LogP contribution in [0.25, 0.3) is 0 Å². The molecule has 0 aliphatic carbocycles. The number of ether oxygens (including phenoxy) is 2. The molecule has 3 heteroatoms. The first kappa shape index (κ1) is 14.8. The van der Waals surface area contributed by atoms with Gasteiger partial charge in [0.1, 0.15) is 18.1 Å². The summed E-state index contributed by atoms with van der Waals surface area (Å²) >= 11 is 0. The van der Waals surface area contributed by atoms with Gasteiger partial charge in [-0.05, 0) is 38.6 Å². The Hall–Kier alpha value is -1.22. The van der Waals surface area contributed by atoms with E-state index in [0.717, 1.165) is 37.6 Å². The molecule has 0 aliphatic rings. The second kappa shape index (κ2) is 8.81. The zero-order chi connectivity index (χ0) is 13.2. The topological polar surface area (TPSA) is 21.7 Å². The number of hydrogen-bond donors (Lipinski definition) is 0. The highest BCUT2D eigenvalue weighted by atomic mass is 16.5. The van der Waals surface area contributed by atoms with Gasteiger partial charge in [-0.2, -0.15) is 0 Å². The third-order valence-corrected chi connectivity index (χ3v) is 2.63. The molecule has 3 nitrogen and oxygen atoms in total. The summed E-state index contributed by atoms with van der Waals surface area (Å²) in [5.74, 6) is 1.77. The average molecular weight is 251 g/mol. The molecule has 0 spiro atoms. The van der Waals surface area contributed by atoms with E-state index in [2.05, 4.69) is 25.8 Å². The van der Waals surface area contributed by atoms with E-state index in [0.29, 0.717) is 6.61 Å². The van der Waals surface area contributed by atoms with Crippen molar-refractivity contribution < 1.29 is 9.47 Å². The lowest BCUT2D eigenvalue weighted by Crippen LogP contribution is -2.24. The quantitative estimate of drug-likeness (QED) is 0.673. The Morgan fingerprint density at radius 3 is 2.22 bits per heavy atom. The summed E-state index contributed by atoms with van der Waals surface area (Å²) in [5.41, 5.74) is 0. The first-order valence-corrected chi connectivity index (χ1v) is 6.80. The smallest absolute Gasteiger partial charge is 0.123 e. The van der Waals surface area contributed by atoms with E-state index in [1.54, 1.807) is 0 Å². The van der Waals surface area contributed by atoms with Gasteiger partial charge in [-0.3, -0.25) is 0 Å². The third-order valence-electron chi connectivity index (χ3n) is 2.63. The fraction of sp³-hybridized carbons (Fsp3) is 0.600. The van der Waals surface area contributed by atoms with E-state index < -0.39 is 0 Å². The van der Waals surface area contributed by atoms with Crippen LogP contribution in [0, 0.1) is 0 Å². The molecule has 0 heterocycles. The Balaban J connectivity index is 2.33. The molecule has 1 aromatic rings. The molecule has 0 amide bonds. The van der Waals surface area contributed by atoms with Gasteiger partial charge in [-0.1, -0.05) is 19.9 Å². The zero-order valence-electron chi connectivity index (χ0n) is 11.8. The van der Waals surface area contributed by atoms with Gasteiger partial charge >= 0.3 is 0 Å². The van der Waals surface area contributed by atoms with Crippen LogP contribution in [0.15, 0.2) is 24.3 Å². The molecular weight excluding hydrogens is 226 g/mol. The molecule has 0 N–H and O–H groups in total. The fourth-order valence-corrected chi connectivity index (χ4v) is 1.69. The monoisotopic (exact) mass is 251 g/mol. The molecule has 0 aromatic heterocycles. The summed E-state index contributed by atoms with van der Waals surface area (Å²) in [7, 11) is 2.12. The van der Waals surface area contributed by atoms with E-state index in [9.17, 15) is 0 Å². The van der Waals surface area contributed by atoms with Gasteiger partial charge in [-0.25, -0.2) is 0 Å². The molecule has 18 heavy (non-hydrogen) atoms. The molecule has 0 atom stereocenters. The van der Waals surface area contributed by atoms with Crippen LogP contribution in [0.1, 0.15) is 26.7 Å². The molecule has 1 aromatic carbocycles. The number of likely N-dealkylation sites (N-methyl/N-ethyl adjacent to an activating group) is 1. The van der Waals surface area contributed by atoms with Crippen LogP contribution >= 0.6 is 0 Å². The van der Waals surface area contributed by atoms with Crippen molar-refractivity contribution in [1.82, 2.24) is 4.90 Å². The maximum absolute atomic E-state index is 5.72. The Kier molecular flexibility index (Phi) is 7.26. The summed E-state index contributed by atoms with van der Waals surface area (Å²) < 4.78 is 11.3. The van der Waals surface area contributed by atoms with E-state index in [4.69, 9.17) is 9.47 Å². The molecule has 1 rings (SSSR count). The molecule has 0 unspecified atom stereocenters. The van der Waals surface area contributed by atoms with Crippen LogP contribution in [0.3, 0.4) is 0 Å². The predicted octanol–water partition coefficient (Wildman–Crippen LogP) is 3.20. The second-order valence-corrected chi connectivity index (χ2v) is 4.48. The van der Waals surface area contributed by atoms with Crippen molar-refractivity contribution in [3.63, 3.8) is 0 Å². The highest BCUT2D eigenvalue weighted by Gasteiger charge is 1.99. The van der Waals surface area contributed by atoms with Gasteiger partial charge in [0, 0.05) is 12.6 Å². The van der Waals surface area contributed by atoms with Gasteiger partial charge < -0.3 is 14.4 Å². The number of benzene rings is 1. The van der Waals surface area contributed by atoms with Gasteiger partial charge in [0.25, 0.3) is 0 Å². The number of rotatable bonds is 9. The van der Waals surface area contributed by atoms with Crippen LogP contribution in [0.2, 0.25) is 0 Å². The minimum atomic E-state index is 0.716. The average Bonchev–Trinajstić information content (AvgIpc) is 2.37. The van der Waals surface area contributed by atoms with Crippen molar-refractivity contribution in [3.8, 4) is 11.5 Å². The van der Waals surface area contributed by atoms with Crippen molar-refractivity contribution in [2.45, 2.75) is 26.7 Å². The molecule has 102 valence electrons. The standard InChI is InChI=1S/C15H25NO2/c1-4-9-16(3)10-12-18-15-8-6-7-14(13-15)17-11-5-2/h6-8,13H,4-5,9-12H2,1-3H3. The minimum absolute atomic E-state index is 0.716. The first-order chi connectivity index (χ1) is 8.76. The van der Waals surface area contributed by atoms with Gasteiger partial charge in [0.05, 0.1) is 6.61 Å². The summed E-state index contributed by atoms with van der Waals surface area (Å²) in [5, 5.41) is 0. The number of nitrogens with zero attached hydrogens (tertiary/aromatic N) is 1. The van der Waals surface area contributed by atoms with Crippen molar-refractivity contribution in [2.75, 3.05) is 33.4 Å². The lowest BCUT2D eigenvalue weighted by Gasteiger charge is -2.16. The molecule has 0 fully saturated rings. The second-order valence-electron chi connectivity index (χ2n) is 4.48. The van der Waals surface area contributed by atoms with Gasteiger partial charge in [-0.15, -0.1) is 0 Å². The minimum Gasteiger partial charge on any atom is -0.493 e. The lowest BCUT2D eigenvalue weighted by molar-refractivity contribution is 0.236. The lowest BCUT2D eigenvalue weighted by atomic mass is 10.3. The SMILES string of the molecule is CCCOc1cccc(OCCN(C)CCC)c1. The van der Waals surface area contributed by atoms with E-state index in [-0.39, 0.29) is 0 Å². The fourth-order valence-electron chi connectivity index (χ4n) is 1.69. The largest absolute Gasteiger partial charge is 0.493 e. The van der Waals surface area contributed by atoms with E-state index in [1.807, 2.05) is 24.3 Å². The Morgan fingerprint density at radius 2 is 1.61 bits per heavy atom. The van der Waals surface area contributed by atoms with Crippen LogP contribution in [0.4, 0.5) is 0 Å².